The van der Waals surface area contributed by atoms with Crippen LogP contribution in [0.5, 0.6) is 0 Å². The van der Waals surface area contributed by atoms with Gasteiger partial charge < -0.3 is 11.1 Å². The van der Waals surface area contributed by atoms with E-state index < -0.39 is 11.9 Å². The Kier molecular flexibility index (Phi) is 3.44. The molecule has 2 aromatic rings. The second-order valence-corrected chi connectivity index (χ2v) is 5.90. The van der Waals surface area contributed by atoms with Crippen LogP contribution in [0.15, 0.2) is 22.5 Å². The van der Waals surface area contributed by atoms with Crippen molar-refractivity contribution in [1.82, 2.24) is 24.5 Å². The Bertz CT molecular complexity index is 788. The van der Waals surface area contributed by atoms with E-state index in [-0.39, 0.29) is 0 Å². The average Bonchev–Trinajstić information content (AvgIpc) is 2.99. The summed E-state index contributed by atoms with van der Waals surface area (Å²) in [7, 11) is 1.84. The summed E-state index contributed by atoms with van der Waals surface area (Å²) >= 11 is 1.44. The van der Waals surface area contributed by atoms with Crippen LogP contribution in [0.4, 0.5) is 5.95 Å². The highest BCUT2D eigenvalue weighted by molar-refractivity contribution is 7.98. The summed E-state index contributed by atoms with van der Waals surface area (Å²) in [6.45, 7) is 3.72. The summed E-state index contributed by atoms with van der Waals surface area (Å²) in [4.78, 5) is 16.4. The number of amides is 1. The maximum atomic E-state index is 12.0. The smallest absolute Gasteiger partial charge is 0.248 e. The molecule has 1 amide bonds. The van der Waals surface area contributed by atoms with E-state index in [9.17, 15) is 4.79 Å². The average molecular weight is 319 g/mol. The molecule has 9 heteroatoms. The van der Waals surface area contributed by atoms with Gasteiger partial charge in [-0.1, -0.05) is 11.8 Å². The zero-order valence-corrected chi connectivity index (χ0v) is 13.6. The van der Waals surface area contributed by atoms with Gasteiger partial charge in [0.15, 0.2) is 0 Å². The minimum Gasteiger partial charge on any atom is -0.366 e. The van der Waals surface area contributed by atoms with Crippen LogP contribution < -0.4 is 11.1 Å². The second kappa shape index (κ2) is 5.16. The molecule has 0 saturated carbocycles. The van der Waals surface area contributed by atoms with Gasteiger partial charge in [0, 0.05) is 12.7 Å². The van der Waals surface area contributed by atoms with Gasteiger partial charge in [0.25, 0.3) is 0 Å². The molecule has 0 fully saturated rings. The fourth-order valence-electron chi connectivity index (χ4n) is 2.70. The van der Waals surface area contributed by atoms with Crippen LogP contribution >= 0.6 is 11.8 Å². The topological polar surface area (TPSA) is 104 Å². The van der Waals surface area contributed by atoms with Crippen LogP contribution in [0.1, 0.15) is 24.4 Å². The molecule has 0 unspecified atom stereocenters. The molecule has 0 saturated heterocycles. The molecule has 8 nitrogen and oxygen atoms in total. The molecule has 0 aliphatic carbocycles. The number of carbonyl (C=O) groups excluding carboxylic acids is 1. The molecule has 3 N–H and O–H groups in total. The van der Waals surface area contributed by atoms with E-state index >= 15 is 0 Å². The number of allylic oxidation sites excluding steroid dienone is 1. The van der Waals surface area contributed by atoms with Gasteiger partial charge in [0.2, 0.25) is 17.0 Å². The lowest BCUT2D eigenvalue weighted by molar-refractivity contribution is -0.115. The van der Waals surface area contributed by atoms with Gasteiger partial charge in [-0.2, -0.15) is 10.1 Å². The highest BCUT2D eigenvalue weighted by Crippen LogP contribution is 2.35. The van der Waals surface area contributed by atoms with Crippen LogP contribution in [-0.4, -0.2) is 36.7 Å². The van der Waals surface area contributed by atoms with Gasteiger partial charge in [0.1, 0.15) is 6.04 Å². The summed E-state index contributed by atoms with van der Waals surface area (Å²) in [5.74, 6) is 0.108. The molecule has 1 aliphatic heterocycles. The summed E-state index contributed by atoms with van der Waals surface area (Å²) in [6, 6.07) is 1.49. The lowest BCUT2D eigenvalue weighted by Gasteiger charge is -2.27. The lowest BCUT2D eigenvalue weighted by Crippen LogP contribution is -2.32. The number of thioether (sulfide) groups is 1. The van der Waals surface area contributed by atoms with Crippen molar-refractivity contribution in [3.63, 3.8) is 0 Å². The summed E-state index contributed by atoms with van der Waals surface area (Å²) in [5, 5.41) is 12.6. The van der Waals surface area contributed by atoms with Crippen molar-refractivity contribution in [2.75, 3.05) is 11.6 Å². The summed E-state index contributed by atoms with van der Waals surface area (Å²) < 4.78 is 3.43. The molecule has 3 heterocycles. The van der Waals surface area contributed by atoms with E-state index in [0.717, 1.165) is 11.4 Å². The first-order valence-electron chi connectivity index (χ1n) is 6.71. The number of carbonyl (C=O) groups is 1. The zero-order valence-electron chi connectivity index (χ0n) is 12.8. The Hall–Kier alpha value is -2.29. The number of anilines is 1. The number of aromatic nitrogens is 5. The Labute approximate surface area is 131 Å². The van der Waals surface area contributed by atoms with Crippen LogP contribution in [0.2, 0.25) is 0 Å². The van der Waals surface area contributed by atoms with Crippen LogP contribution in [-0.2, 0) is 11.8 Å². The minimum absolute atomic E-state index is 0.437. The largest absolute Gasteiger partial charge is 0.366 e. The van der Waals surface area contributed by atoms with Crippen molar-refractivity contribution in [3.8, 4) is 0 Å². The highest BCUT2D eigenvalue weighted by Gasteiger charge is 2.35. The molecule has 0 bridgehead atoms. The number of nitrogens with one attached hydrogen (secondary N) is 1. The van der Waals surface area contributed by atoms with Gasteiger partial charge in [-0.05, 0) is 26.2 Å². The molecule has 1 aliphatic rings. The predicted octanol–water partition coefficient (Wildman–Crippen LogP) is 0.816. The maximum Gasteiger partial charge on any atom is 0.248 e. The van der Waals surface area contributed by atoms with Gasteiger partial charge in [-0.3, -0.25) is 9.48 Å². The van der Waals surface area contributed by atoms with Crippen molar-refractivity contribution < 1.29 is 4.79 Å². The van der Waals surface area contributed by atoms with Gasteiger partial charge in [-0.25, -0.2) is 4.68 Å². The van der Waals surface area contributed by atoms with Gasteiger partial charge in [0.05, 0.1) is 17.0 Å². The third kappa shape index (κ3) is 2.17. The second-order valence-electron chi connectivity index (χ2n) is 5.13. The zero-order chi connectivity index (χ0) is 16.0. The standard InChI is InChI=1S/C13H17N7OS/c1-6-5-8(19(3)17-6)10-9(11(14)21)7(2)15-12-16-13(22-4)18-20(10)12/h5,10H,1-4H3,(H2,14,21)(H,15,16,18)/t10-/m1/s1. The first kappa shape index (κ1) is 14.6. The number of fused-ring (bicyclic) bond motifs is 1. The Balaban J connectivity index is 2.24. The normalized spacial score (nSPS) is 17.4. The highest BCUT2D eigenvalue weighted by atomic mass is 32.2. The van der Waals surface area contributed by atoms with E-state index in [1.54, 1.807) is 9.36 Å². The van der Waals surface area contributed by atoms with Crippen LogP contribution in [0.25, 0.3) is 0 Å². The number of aryl methyl sites for hydroxylation is 2. The molecule has 3 rings (SSSR count). The van der Waals surface area contributed by atoms with E-state index in [2.05, 4.69) is 20.5 Å². The Morgan fingerprint density at radius 2 is 2.14 bits per heavy atom. The van der Waals surface area contributed by atoms with Gasteiger partial charge >= 0.3 is 0 Å². The lowest BCUT2D eigenvalue weighted by atomic mass is 9.99. The predicted molar refractivity (Wildman–Crippen MR) is 83.4 cm³/mol. The monoisotopic (exact) mass is 319 g/mol. The van der Waals surface area contributed by atoms with E-state index in [1.165, 1.54) is 11.8 Å². The van der Waals surface area contributed by atoms with Crippen LogP contribution in [0.3, 0.4) is 0 Å². The minimum atomic E-state index is -0.485. The molecule has 2 aromatic heterocycles. The quantitative estimate of drug-likeness (QED) is 0.812. The van der Waals surface area contributed by atoms with Crippen molar-refractivity contribution in [3.05, 3.63) is 28.7 Å². The molecule has 0 aromatic carbocycles. The van der Waals surface area contributed by atoms with E-state index in [4.69, 9.17) is 5.73 Å². The molecular formula is C13H17N7OS. The van der Waals surface area contributed by atoms with E-state index in [1.807, 2.05) is 33.2 Å². The number of hydrogen-bond donors (Lipinski definition) is 2. The molecule has 22 heavy (non-hydrogen) atoms. The molecule has 1 atom stereocenters. The van der Waals surface area contributed by atoms with Crippen molar-refractivity contribution in [2.45, 2.75) is 25.0 Å². The Morgan fingerprint density at radius 3 is 2.68 bits per heavy atom. The van der Waals surface area contributed by atoms with Crippen molar-refractivity contribution >= 4 is 23.6 Å². The first-order valence-corrected chi connectivity index (χ1v) is 7.93. The third-order valence-corrected chi connectivity index (χ3v) is 4.14. The number of hydrogen-bond acceptors (Lipinski definition) is 6. The molecule has 0 spiro atoms. The SMILES string of the molecule is CSc1nc2n(n1)[C@H](c1cc(C)nn1C)C(C(N)=O)=C(C)N2. The van der Waals surface area contributed by atoms with Crippen molar-refractivity contribution in [2.24, 2.45) is 12.8 Å². The fourth-order valence-corrected chi connectivity index (χ4v) is 3.04. The first-order chi connectivity index (χ1) is 10.4. The number of nitrogens with zero attached hydrogens (tertiary/aromatic N) is 5. The number of primary amides is 1. The van der Waals surface area contributed by atoms with Crippen molar-refractivity contribution in [1.29, 1.82) is 0 Å². The third-order valence-electron chi connectivity index (χ3n) is 3.60. The Morgan fingerprint density at radius 1 is 1.41 bits per heavy atom. The maximum absolute atomic E-state index is 12.0. The van der Waals surface area contributed by atoms with E-state index in [0.29, 0.717) is 22.4 Å². The van der Waals surface area contributed by atoms with Gasteiger partial charge in [-0.15, -0.1) is 5.10 Å². The summed E-state index contributed by atoms with van der Waals surface area (Å²) in [6.07, 6.45) is 1.90. The molecule has 116 valence electrons. The molecular weight excluding hydrogens is 302 g/mol. The summed E-state index contributed by atoms with van der Waals surface area (Å²) in [5.41, 5.74) is 8.46. The number of rotatable bonds is 3. The van der Waals surface area contributed by atoms with Crippen LogP contribution in [0, 0.1) is 6.92 Å². The molecule has 0 radical (unpaired) electrons. The number of nitrogens with two attached hydrogens (primary N) is 1. The fraction of sp³-hybridized carbons (Fsp3) is 0.385.